The van der Waals surface area contributed by atoms with Gasteiger partial charge in [-0.2, -0.15) is 0 Å². The number of carboxylic acid groups (broad SMARTS) is 1. The Kier molecular flexibility index (Phi) is 4.24. The Morgan fingerprint density at radius 2 is 1.88 bits per heavy atom. The van der Waals surface area contributed by atoms with E-state index in [2.05, 4.69) is 15.6 Å². The van der Waals surface area contributed by atoms with Crippen LogP contribution in [0.1, 0.15) is 36.2 Å². The van der Waals surface area contributed by atoms with Crippen LogP contribution in [0.3, 0.4) is 0 Å². The van der Waals surface area contributed by atoms with Crippen LogP contribution in [0.4, 0.5) is 0 Å². The summed E-state index contributed by atoms with van der Waals surface area (Å²) in [5.74, 6) is -1.92. The van der Waals surface area contributed by atoms with Gasteiger partial charge in [-0.15, -0.1) is 0 Å². The van der Waals surface area contributed by atoms with E-state index in [4.69, 9.17) is 0 Å². The van der Waals surface area contributed by atoms with E-state index in [0.29, 0.717) is 18.5 Å². The fraction of sp³-hybridized carbons (Fsp3) is 0.353. The smallest absolute Gasteiger partial charge is 0.329 e. The molecule has 2 amide bonds. The molecule has 4 N–H and O–H groups in total. The molecule has 2 aromatic rings. The van der Waals surface area contributed by atoms with Crippen LogP contribution in [-0.2, 0) is 9.59 Å². The van der Waals surface area contributed by atoms with Gasteiger partial charge in [0.05, 0.1) is 6.54 Å². The van der Waals surface area contributed by atoms with Gasteiger partial charge in [0.1, 0.15) is 11.2 Å². The lowest BCUT2D eigenvalue weighted by atomic mass is 9.98. The standard InChI is InChI=1S/C17H19N3O4/c21-14(20-17(16(23)24)7-3-4-8-17)10-18-15(22)13-9-11-5-1-2-6-12(11)19-13/h1-2,5-6,9,19H,3-4,7-8,10H2,(H,18,22)(H,20,21)(H,23,24). The number of carbonyl (C=O) groups is 3. The highest BCUT2D eigenvalue weighted by atomic mass is 16.4. The summed E-state index contributed by atoms with van der Waals surface area (Å²) >= 11 is 0. The van der Waals surface area contributed by atoms with E-state index < -0.39 is 23.3 Å². The number of hydrogen-bond donors (Lipinski definition) is 4. The van der Waals surface area contributed by atoms with Gasteiger partial charge in [0.15, 0.2) is 0 Å². The number of aromatic nitrogens is 1. The molecule has 24 heavy (non-hydrogen) atoms. The molecule has 0 spiro atoms. The van der Waals surface area contributed by atoms with E-state index in [0.717, 1.165) is 23.7 Å². The number of amides is 2. The number of fused-ring (bicyclic) bond motifs is 1. The minimum Gasteiger partial charge on any atom is -0.480 e. The molecule has 1 aromatic carbocycles. The highest BCUT2D eigenvalue weighted by molar-refractivity contribution is 5.99. The van der Waals surface area contributed by atoms with Crippen LogP contribution in [0.5, 0.6) is 0 Å². The van der Waals surface area contributed by atoms with Crippen molar-refractivity contribution >= 4 is 28.7 Å². The zero-order valence-electron chi connectivity index (χ0n) is 13.1. The van der Waals surface area contributed by atoms with Gasteiger partial charge in [0.2, 0.25) is 5.91 Å². The monoisotopic (exact) mass is 329 g/mol. The Balaban J connectivity index is 1.59. The van der Waals surface area contributed by atoms with Crippen LogP contribution < -0.4 is 10.6 Å². The highest BCUT2D eigenvalue weighted by Crippen LogP contribution is 2.29. The maximum Gasteiger partial charge on any atom is 0.329 e. The van der Waals surface area contributed by atoms with E-state index >= 15 is 0 Å². The summed E-state index contributed by atoms with van der Waals surface area (Å²) < 4.78 is 0. The molecule has 1 saturated carbocycles. The molecule has 1 fully saturated rings. The first-order valence-electron chi connectivity index (χ1n) is 7.90. The summed E-state index contributed by atoms with van der Waals surface area (Å²) in [6.07, 6.45) is 2.39. The van der Waals surface area contributed by atoms with Crippen molar-refractivity contribution in [2.75, 3.05) is 6.54 Å². The predicted molar refractivity (Wildman–Crippen MR) is 87.6 cm³/mol. The molecule has 126 valence electrons. The zero-order chi connectivity index (χ0) is 17.2. The first-order chi connectivity index (χ1) is 11.5. The molecule has 1 heterocycles. The van der Waals surface area contributed by atoms with E-state index in [1.165, 1.54) is 0 Å². The Bertz CT molecular complexity index is 757. The van der Waals surface area contributed by atoms with Gasteiger partial charge >= 0.3 is 5.97 Å². The lowest BCUT2D eigenvalue weighted by Gasteiger charge is -2.25. The molecular weight excluding hydrogens is 310 g/mol. The average molecular weight is 329 g/mol. The summed E-state index contributed by atoms with van der Waals surface area (Å²) in [4.78, 5) is 38.5. The van der Waals surface area contributed by atoms with Crippen molar-refractivity contribution in [3.8, 4) is 0 Å². The molecule has 0 bridgehead atoms. The Hall–Kier alpha value is -2.83. The summed E-state index contributed by atoms with van der Waals surface area (Å²) in [7, 11) is 0. The third-order valence-corrected chi connectivity index (χ3v) is 4.43. The molecule has 0 radical (unpaired) electrons. The number of rotatable bonds is 5. The van der Waals surface area contributed by atoms with Crippen molar-refractivity contribution in [3.63, 3.8) is 0 Å². The lowest BCUT2D eigenvalue weighted by Crippen LogP contribution is -2.54. The number of carboxylic acids is 1. The van der Waals surface area contributed by atoms with Crippen LogP contribution in [0, 0.1) is 0 Å². The van der Waals surface area contributed by atoms with Crippen molar-refractivity contribution in [1.82, 2.24) is 15.6 Å². The molecule has 1 aromatic heterocycles. The second kappa shape index (κ2) is 6.35. The maximum absolute atomic E-state index is 12.1. The third-order valence-electron chi connectivity index (χ3n) is 4.43. The number of hydrogen-bond acceptors (Lipinski definition) is 3. The number of benzene rings is 1. The van der Waals surface area contributed by atoms with Crippen molar-refractivity contribution in [2.24, 2.45) is 0 Å². The minimum atomic E-state index is -1.19. The van der Waals surface area contributed by atoms with Crippen LogP contribution in [0.2, 0.25) is 0 Å². The topological polar surface area (TPSA) is 111 Å². The van der Waals surface area contributed by atoms with E-state index in [1.54, 1.807) is 6.07 Å². The fourth-order valence-corrected chi connectivity index (χ4v) is 3.13. The normalized spacial score (nSPS) is 16.0. The number of H-pyrrole nitrogens is 1. The van der Waals surface area contributed by atoms with Crippen LogP contribution >= 0.6 is 0 Å². The van der Waals surface area contributed by atoms with Gasteiger partial charge < -0.3 is 20.7 Å². The summed E-state index contributed by atoms with van der Waals surface area (Å²) in [5.41, 5.74) is 0.00355. The van der Waals surface area contributed by atoms with Gasteiger partial charge in [0, 0.05) is 10.9 Å². The number of carbonyl (C=O) groups excluding carboxylic acids is 2. The fourth-order valence-electron chi connectivity index (χ4n) is 3.13. The summed E-state index contributed by atoms with van der Waals surface area (Å²) in [6.45, 7) is -0.261. The molecule has 0 unspecified atom stereocenters. The van der Waals surface area contributed by atoms with Gasteiger partial charge in [-0.1, -0.05) is 31.0 Å². The van der Waals surface area contributed by atoms with E-state index in [-0.39, 0.29) is 6.54 Å². The number of aromatic amines is 1. The molecule has 7 nitrogen and oxygen atoms in total. The molecule has 0 aliphatic heterocycles. The molecule has 0 atom stereocenters. The van der Waals surface area contributed by atoms with Crippen molar-refractivity contribution in [3.05, 3.63) is 36.0 Å². The van der Waals surface area contributed by atoms with Crippen LogP contribution in [-0.4, -0.2) is 40.0 Å². The lowest BCUT2D eigenvalue weighted by molar-refractivity contribution is -0.147. The van der Waals surface area contributed by atoms with Crippen LogP contribution in [0.15, 0.2) is 30.3 Å². The Morgan fingerprint density at radius 1 is 1.17 bits per heavy atom. The maximum atomic E-state index is 12.1. The quantitative estimate of drug-likeness (QED) is 0.664. The first kappa shape index (κ1) is 16.0. The second-order valence-corrected chi connectivity index (χ2v) is 6.10. The van der Waals surface area contributed by atoms with Gasteiger partial charge in [-0.05, 0) is 25.0 Å². The van der Waals surface area contributed by atoms with E-state index in [1.807, 2.05) is 24.3 Å². The van der Waals surface area contributed by atoms with Gasteiger partial charge in [0.25, 0.3) is 5.91 Å². The molecular formula is C17H19N3O4. The molecule has 3 rings (SSSR count). The van der Waals surface area contributed by atoms with Gasteiger partial charge in [-0.25, -0.2) is 4.79 Å². The number of nitrogens with one attached hydrogen (secondary N) is 3. The summed E-state index contributed by atoms with van der Waals surface area (Å²) in [5, 5.41) is 15.3. The van der Waals surface area contributed by atoms with E-state index in [9.17, 15) is 19.5 Å². The molecule has 0 saturated heterocycles. The van der Waals surface area contributed by atoms with Crippen molar-refractivity contribution in [1.29, 1.82) is 0 Å². The molecule has 1 aliphatic rings. The highest BCUT2D eigenvalue weighted by Gasteiger charge is 2.42. The Labute approximate surface area is 138 Å². The van der Waals surface area contributed by atoms with Crippen molar-refractivity contribution < 1.29 is 19.5 Å². The number of para-hydroxylation sites is 1. The van der Waals surface area contributed by atoms with Crippen LogP contribution in [0.25, 0.3) is 10.9 Å². The third kappa shape index (κ3) is 3.10. The Morgan fingerprint density at radius 3 is 2.54 bits per heavy atom. The number of aliphatic carboxylic acids is 1. The zero-order valence-corrected chi connectivity index (χ0v) is 13.1. The second-order valence-electron chi connectivity index (χ2n) is 6.10. The SMILES string of the molecule is O=C(CNC(=O)c1cc2ccccc2[nH]1)NC1(C(=O)O)CCCC1. The largest absolute Gasteiger partial charge is 0.480 e. The molecule has 7 heteroatoms. The predicted octanol–water partition coefficient (Wildman–Crippen LogP) is 1.41. The first-order valence-corrected chi connectivity index (χ1v) is 7.90. The van der Waals surface area contributed by atoms with Crippen molar-refractivity contribution in [2.45, 2.75) is 31.2 Å². The van der Waals surface area contributed by atoms with Gasteiger partial charge in [-0.3, -0.25) is 9.59 Å². The summed E-state index contributed by atoms with van der Waals surface area (Å²) in [6, 6.07) is 9.18. The molecule has 1 aliphatic carbocycles. The minimum absolute atomic E-state index is 0.261. The average Bonchev–Trinajstić information content (AvgIpc) is 3.19.